The highest BCUT2D eigenvalue weighted by atomic mass is 35.5. The highest BCUT2D eigenvalue weighted by Gasteiger charge is 2.39. The smallest absolute Gasteiger partial charge is 0.200 e. The SMILES string of the molecule is O=CC1(C(=O)c2ncccc2Cl)C=C(O)C=CC1. The minimum Gasteiger partial charge on any atom is -0.508 e. The second-order valence-corrected chi connectivity index (χ2v) is 4.40. The lowest BCUT2D eigenvalue weighted by Crippen LogP contribution is -2.33. The molecule has 0 fully saturated rings. The number of halogens is 1. The topological polar surface area (TPSA) is 67.3 Å². The zero-order valence-electron chi connectivity index (χ0n) is 9.34. The fourth-order valence-electron chi connectivity index (χ4n) is 1.81. The third-order valence-electron chi connectivity index (χ3n) is 2.76. The van der Waals surface area contributed by atoms with Crippen molar-refractivity contribution >= 4 is 23.7 Å². The van der Waals surface area contributed by atoms with Gasteiger partial charge in [-0.25, -0.2) is 0 Å². The van der Waals surface area contributed by atoms with E-state index in [0.29, 0.717) is 6.29 Å². The van der Waals surface area contributed by atoms with Gasteiger partial charge in [0.25, 0.3) is 0 Å². The molecule has 1 aliphatic carbocycles. The van der Waals surface area contributed by atoms with Crippen LogP contribution >= 0.6 is 11.6 Å². The molecule has 0 saturated carbocycles. The van der Waals surface area contributed by atoms with Crippen LogP contribution in [0.1, 0.15) is 16.9 Å². The van der Waals surface area contributed by atoms with E-state index in [1.165, 1.54) is 24.4 Å². The van der Waals surface area contributed by atoms with Crippen LogP contribution in [-0.2, 0) is 4.79 Å². The Morgan fingerprint density at radius 2 is 2.33 bits per heavy atom. The summed E-state index contributed by atoms with van der Waals surface area (Å²) >= 11 is 5.89. The predicted molar refractivity (Wildman–Crippen MR) is 66.5 cm³/mol. The summed E-state index contributed by atoms with van der Waals surface area (Å²) in [5.74, 6) is -0.632. The van der Waals surface area contributed by atoms with E-state index in [4.69, 9.17) is 11.6 Å². The van der Waals surface area contributed by atoms with Crippen molar-refractivity contribution in [3.05, 3.63) is 53.0 Å². The number of aliphatic hydroxyl groups is 1. The zero-order valence-corrected chi connectivity index (χ0v) is 10.1. The van der Waals surface area contributed by atoms with E-state index in [9.17, 15) is 14.7 Å². The summed E-state index contributed by atoms with van der Waals surface area (Å²) in [4.78, 5) is 27.5. The van der Waals surface area contributed by atoms with Crippen LogP contribution in [0.15, 0.2) is 42.3 Å². The molecule has 1 heterocycles. The monoisotopic (exact) mass is 263 g/mol. The van der Waals surface area contributed by atoms with Crippen molar-refractivity contribution in [3.63, 3.8) is 0 Å². The third kappa shape index (κ3) is 2.07. The highest BCUT2D eigenvalue weighted by Crippen LogP contribution is 2.32. The van der Waals surface area contributed by atoms with Crippen LogP contribution in [0.3, 0.4) is 0 Å². The summed E-state index contributed by atoms with van der Waals surface area (Å²) in [6, 6.07) is 3.13. The van der Waals surface area contributed by atoms with Gasteiger partial charge in [-0.1, -0.05) is 17.7 Å². The Hall–Kier alpha value is -1.94. The third-order valence-corrected chi connectivity index (χ3v) is 3.06. The lowest BCUT2D eigenvalue weighted by atomic mass is 9.77. The number of nitrogens with zero attached hydrogens (tertiary/aromatic N) is 1. The van der Waals surface area contributed by atoms with Crippen molar-refractivity contribution < 1.29 is 14.7 Å². The molecule has 1 aromatic rings. The van der Waals surface area contributed by atoms with E-state index >= 15 is 0 Å². The molecule has 5 heteroatoms. The first kappa shape index (κ1) is 12.5. The maximum atomic E-state index is 12.4. The van der Waals surface area contributed by atoms with Gasteiger partial charge in [-0.15, -0.1) is 0 Å². The largest absolute Gasteiger partial charge is 0.508 e. The Morgan fingerprint density at radius 1 is 1.56 bits per heavy atom. The Labute approximate surface area is 109 Å². The quantitative estimate of drug-likeness (QED) is 0.517. The van der Waals surface area contributed by atoms with E-state index in [2.05, 4.69) is 4.98 Å². The molecule has 0 spiro atoms. The van der Waals surface area contributed by atoms with Crippen molar-refractivity contribution in [1.29, 1.82) is 0 Å². The Kier molecular flexibility index (Phi) is 3.30. The fraction of sp³-hybridized carbons (Fsp3) is 0.154. The molecule has 4 nitrogen and oxygen atoms in total. The zero-order chi connectivity index (χ0) is 13.2. The van der Waals surface area contributed by atoms with Gasteiger partial charge in [-0.2, -0.15) is 0 Å². The number of carbonyl (C=O) groups excluding carboxylic acids is 2. The number of rotatable bonds is 3. The number of aldehydes is 1. The summed E-state index contributed by atoms with van der Waals surface area (Å²) in [7, 11) is 0. The summed E-state index contributed by atoms with van der Waals surface area (Å²) in [5.41, 5.74) is -1.39. The van der Waals surface area contributed by atoms with E-state index < -0.39 is 11.2 Å². The molecule has 0 amide bonds. The molecule has 1 atom stereocenters. The minimum absolute atomic E-state index is 0.0330. The van der Waals surface area contributed by atoms with Gasteiger partial charge in [0.15, 0.2) is 5.78 Å². The molecule has 2 rings (SSSR count). The molecule has 1 unspecified atom stereocenters. The second kappa shape index (κ2) is 4.74. The van der Waals surface area contributed by atoms with Crippen LogP contribution in [0.2, 0.25) is 5.02 Å². The van der Waals surface area contributed by atoms with E-state index in [1.807, 2.05) is 0 Å². The van der Waals surface area contributed by atoms with E-state index in [1.54, 1.807) is 12.1 Å². The predicted octanol–water partition coefficient (Wildman–Crippen LogP) is 2.50. The lowest BCUT2D eigenvalue weighted by Gasteiger charge is -2.23. The van der Waals surface area contributed by atoms with Crippen molar-refractivity contribution in [2.45, 2.75) is 6.42 Å². The number of hydrogen-bond acceptors (Lipinski definition) is 4. The van der Waals surface area contributed by atoms with Crippen LogP contribution in [-0.4, -0.2) is 22.2 Å². The van der Waals surface area contributed by atoms with Gasteiger partial charge in [0.2, 0.25) is 0 Å². The van der Waals surface area contributed by atoms with Gasteiger partial charge in [0.1, 0.15) is 23.2 Å². The number of pyridine rings is 1. The van der Waals surface area contributed by atoms with Crippen LogP contribution in [0.4, 0.5) is 0 Å². The van der Waals surface area contributed by atoms with Gasteiger partial charge in [0, 0.05) is 6.20 Å². The van der Waals surface area contributed by atoms with Gasteiger partial charge in [-0.05, 0) is 30.7 Å². The molecule has 18 heavy (non-hydrogen) atoms. The number of hydrogen-bond donors (Lipinski definition) is 1. The molecule has 0 radical (unpaired) electrons. The van der Waals surface area contributed by atoms with Crippen molar-refractivity contribution in [3.8, 4) is 0 Å². The maximum Gasteiger partial charge on any atom is 0.200 e. The van der Waals surface area contributed by atoms with Crippen molar-refractivity contribution in [2.24, 2.45) is 5.41 Å². The van der Waals surface area contributed by atoms with Crippen LogP contribution in [0.25, 0.3) is 0 Å². The summed E-state index contributed by atoms with van der Waals surface area (Å²) in [6.07, 6.45) is 6.37. The molecular formula is C13H10ClNO3. The maximum absolute atomic E-state index is 12.4. The van der Waals surface area contributed by atoms with Gasteiger partial charge >= 0.3 is 0 Å². The normalized spacial score (nSPS) is 22.4. The molecule has 0 aromatic carbocycles. The number of allylic oxidation sites excluding steroid dienone is 3. The summed E-state index contributed by atoms with van der Waals surface area (Å²) in [6.45, 7) is 0. The van der Waals surface area contributed by atoms with Crippen LogP contribution < -0.4 is 0 Å². The number of aromatic nitrogens is 1. The minimum atomic E-state index is -1.42. The molecule has 0 aliphatic heterocycles. The Bertz CT molecular complexity index is 565. The average Bonchev–Trinajstić information content (AvgIpc) is 2.38. The van der Waals surface area contributed by atoms with Gasteiger partial charge in [-0.3, -0.25) is 9.78 Å². The van der Waals surface area contributed by atoms with E-state index in [-0.39, 0.29) is 22.9 Å². The molecule has 1 aromatic heterocycles. The first-order chi connectivity index (χ1) is 8.59. The first-order valence-corrected chi connectivity index (χ1v) is 5.67. The molecule has 1 N–H and O–H groups in total. The number of carbonyl (C=O) groups is 2. The molecular weight excluding hydrogens is 254 g/mol. The molecule has 0 saturated heterocycles. The van der Waals surface area contributed by atoms with Gasteiger partial charge in [0.05, 0.1) is 5.02 Å². The summed E-state index contributed by atoms with van der Waals surface area (Å²) < 4.78 is 0. The number of ketones is 1. The van der Waals surface area contributed by atoms with E-state index in [0.717, 1.165) is 0 Å². The molecule has 0 bridgehead atoms. The Balaban J connectivity index is 2.47. The molecule has 92 valence electrons. The first-order valence-electron chi connectivity index (χ1n) is 5.29. The number of aliphatic hydroxyl groups excluding tert-OH is 1. The highest BCUT2D eigenvalue weighted by molar-refractivity contribution is 6.34. The standard InChI is InChI=1S/C13H10ClNO3/c14-10-4-2-6-15-11(10)12(18)13(8-16)5-1-3-9(17)7-13/h1-4,6-8,17H,5H2. The lowest BCUT2D eigenvalue weighted by molar-refractivity contribution is -0.112. The van der Waals surface area contributed by atoms with Crippen LogP contribution in [0, 0.1) is 5.41 Å². The number of Topliss-reactive ketones (excluding diaryl/α,β-unsaturated/α-hetero) is 1. The van der Waals surface area contributed by atoms with Gasteiger partial charge < -0.3 is 9.90 Å². The second-order valence-electron chi connectivity index (χ2n) is 4.00. The Morgan fingerprint density at radius 3 is 2.94 bits per heavy atom. The molecule has 1 aliphatic rings. The fourth-order valence-corrected chi connectivity index (χ4v) is 2.02. The van der Waals surface area contributed by atoms with Crippen molar-refractivity contribution in [2.75, 3.05) is 0 Å². The average molecular weight is 264 g/mol. The summed E-state index contributed by atoms with van der Waals surface area (Å²) in [5, 5.41) is 9.64. The van der Waals surface area contributed by atoms with Crippen LogP contribution in [0.5, 0.6) is 0 Å². The van der Waals surface area contributed by atoms with Crippen molar-refractivity contribution in [1.82, 2.24) is 4.98 Å².